The molecule has 1 amide bonds. The molecule has 0 saturated carbocycles. The minimum Gasteiger partial charge on any atom is -0.366 e. The van der Waals surface area contributed by atoms with Gasteiger partial charge in [0.2, 0.25) is 0 Å². The molecular weight excluding hydrogens is 173 g/mol. The normalized spacial score (nSPS) is 9.69. The first-order valence-corrected chi connectivity index (χ1v) is 3.62. The average molecular weight is 181 g/mol. The van der Waals surface area contributed by atoms with Gasteiger partial charge in [-0.15, -0.1) is 0 Å². The topological polar surface area (TPSA) is 60.2 Å². The highest BCUT2D eigenvalue weighted by Gasteiger charge is 2.09. The SMILES string of the molecule is CC(=O)c1ccc(C(N)=O)c(F)c1. The van der Waals surface area contributed by atoms with Crippen LogP contribution < -0.4 is 5.73 Å². The summed E-state index contributed by atoms with van der Waals surface area (Å²) in [5.41, 5.74) is 4.90. The fraction of sp³-hybridized carbons (Fsp3) is 0.111. The van der Waals surface area contributed by atoms with E-state index < -0.39 is 11.7 Å². The number of hydrogen-bond donors (Lipinski definition) is 1. The van der Waals surface area contributed by atoms with Crippen molar-refractivity contribution in [2.75, 3.05) is 0 Å². The van der Waals surface area contributed by atoms with Gasteiger partial charge in [-0.05, 0) is 19.1 Å². The zero-order valence-electron chi connectivity index (χ0n) is 7.00. The molecule has 0 aromatic heterocycles. The third-order valence-corrected chi connectivity index (χ3v) is 1.64. The quantitative estimate of drug-likeness (QED) is 0.695. The summed E-state index contributed by atoms with van der Waals surface area (Å²) in [5.74, 6) is -1.86. The van der Waals surface area contributed by atoms with Crippen LogP contribution in [0.3, 0.4) is 0 Å². The largest absolute Gasteiger partial charge is 0.366 e. The molecule has 0 aliphatic carbocycles. The van der Waals surface area contributed by atoms with Crippen LogP contribution in [0.15, 0.2) is 18.2 Å². The second-order valence-corrected chi connectivity index (χ2v) is 2.62. The van der Waals surface area contributed by atoms with Gasteiger partial charge in [0.1, 0.15) is 5.82 Å². The molecular formula is C9H8FNO2. The number of amides is 1. The number of halogens is 1. The van der Waals surface area contributed by atoms with Crippen LogP contribution in [0.25, 0.3) is 0 Å². The van der Waals surface area contributed by atoms with Crippen molar-refractivity contribution in [1.29, 1.82) is 0 Å². The fourth-order valence-electron chi connectivity index (χ4n) is 0.934. The van der Waals surface area contributed by atoms with Crippen molar-refractivity contribution in [3.8, 4) is 0 Å². The molecule has 0 spiro atoms. The highest BCUT2D eigenvalue weighted by molar-refractivity contribution is 5.97. The molecule has 2 N–H and O–H groups in total. The Balaban J connectivity index is 3.20. The van der Waals surface area contributed by atoms with E-state index >= 15 is 0 Å². The molecule has 0 radical (unpaired) electrons. The summed E-state index contributed by atoms with van der Waals surface area (Å²) in [5, 5.41) is 0. The predicted octanol–water partition coefficient (Wildman–Crippen LogP) is 1.13. The summed E-state index contributed by atoms with van der Waals surface area (Å²) in [6.45, 7) is 1.32. The molecule has 4 heteroatoms. The van der Waals surface area contributed by atoms with Gasteiger partial charge in [-0.3, -0.25) is 9.59 Å². The molecule has 0 bridgehead atoms. The Labute approximate surface area is 74.4 Å². The Morgan fingerprint density at radius 3 is 2.38 bits per heavy atom. The molecule has 1 rings (SSSR count). The van der Waals surface area contributed by atoms with Gasteiger partial charge in [-0.25, -0.2) is 4.39 Å². The molecule has 13 heavy (non-hydrogen) atoms. The van der Waals surface area contributed by atoms with Crippen molar-refractivity contribution < 1.29 is 14.0 Å². The molecule has 0 aliphatic heterocycles. The van der Waals surface area contributed by atoms with E-state index in [-0.39, 0.29) is 16.9 Å². The smallest absolute Gasteiger partial charge is 0.251 e. The van der Waals surface area contributed by atoms with E-state index in [0.29, 0.717) is 0 Å². The lowest BCUT2D eigenvalue weighted by Crippen LogP contribution is -2.13. The van der Waals surface area contributed by atoms with E-state index in [9.17, 15) is 14.0 Å². The van der Waals surface area contributed by atoms with E-state index in [0.717, 1.165) is 6.07 Å². The van der Waals surface area contributed by atoms with Crippen LogP contribution in [0.1, 0.15) is 27.6 Å². The maximum absolute atomic E-state index is 13.0. The monoisotopic (exact) mass is 181 g/mol. The molecule has 1 aromatic carbocycles. The number of primary amides is 1. The fourth-order valence-corrected chi connectivity index (χ4v) is 0.934. The zero-order valence-corrected chi connectivity index (χ0v) is 7.00. The summed E-state index contributed by atoms with van der Waals surface area (Å²) in [6, 6.07) is 3.57. The number of carbonyl (C=O) groups excluding carboxylic acids is 2. The highest BCUT2D eigenvalue weighted by Crippen LogP contribution is 2.10. The summed E-state index contributed by atoms with van der Waals surface area (Å²) < 4.78 is 13.0. The lowest BCUT2D eigenvalue weighted by atomic mass is 10.1. The van der Waals surface area contributed by atoms with E-state index in [1.54, 1.807) is 0 Å². The Bertz CT molecular complexity index is 374. The second-order valence-electron chi connectivity index (χ2n) is 2.62. The Hall–Kier alpha value is -1.71. The number of Topliss-reactive ketones (excluding diaryl/α,β-unsaturated/α-hetero) is 1. The Morgan fingerprint density at radius 2 is 2.00 bits per heavy atom. The lowest BCUT2D eigenvalue weighted by molar-refractivity contribution is 0.0989. The van der Waals surface area contributed by atoms with Crippen molar-refractivity contribution in [3.63, 3.8) is 0 Å². The van der Waals surface area contributed by atoms with Crippen LogP contribution in [-0.2, 0) is 0 Å². The molecule has 0 unspecified atom stereocenters. The van der Waals surface area contributed by atoms with Gasteiger partial charge in [0.25, 0.3) is 5.91 Å². The number of carbonyl (C=O) groups is 2. The molecule has 3 nitrogen and oxygen atoms in total. The van der Waals surface area contributed by atoms with Crippen LogP contribution in [0, 0.1) is 5.82 Å². The number of benzene rings is 1. The molecule has 0 saturated heterocycles. The van der Waals surface area contributed by atoms with Crippen molar-refractivity contribution in [2.45, 2.75) is 6.92 Å². The minimum absolute atomic E-state index is 0.204. The van der Waals surface area contributed by atoms with E-state index in [2.05, 4.69) is 0 Å². The molecule has 0 aliphatic rings. The van der Waals surface area contributed by atoms with Crippen LogP contribution in [0.5, 0.6) is 0 Å². The third-order valence-electron chi connectivity index (χ3n) is 1.64. The van der Waals surface area contributed by atoms with Crippen LogP contribution >= 0.6 is 0 Å². The average Bonchev–Trinajstić information content (AvgIpc) is 2.03. The van der Waals surface area contributed by atoms with Crippen molar-refractivity contribution in [3.05, 3.63) is 35.1 Å². The van der Waals surface area contributed by atoms with Crippen LogP contribution in [0.2, 0.25) is 0 Å². The van der Waals surface area contributed by atoms with Gasteiger partial charge in [0, 0.05) is 5.56 Å². The first-order valence-electron chi connectivity index (χ1n) is 3.62. The molecule has 1 aromatic rings. The molecule has 0 atom stereocenters. The third kappa shape index (κ3) is 1.90. The van der Waals surface area contributed by atoms with E-state index in [1.165, 1.54) is 19.1 Å². The number of rotatable bonds is 2. The Morgan fingerprint density at radius 1 is 1.38 bits per heavy atom. The van der Waals surface area contributed by atoms with Gasteiger partial charge in [0.15, 0.2) is 5.78 Å². The van der Waals surface area contributed by atoms with Crippen molar-refractivity contribution >= 4 is 11.7 Å². The van der Waals surface area contributed by atoms with Gasteiger partial charge in [-0.2, -0.15) is 0 Å². The van der Waals surface area contributed by atoms with Crippen molar-refractivity contribution in [2.24, 2.45) is 5.73 Å². The predicted molar refractivity (Wildman–Crippen MR) is 44.9 cm³/mol. The first-order chi connectivity index (χ1) is 6.02. The number of nitrogens with two attached hydrogens (primary N) is 1. The number of hydrogen-bond acceptors (Lipinski definition) is 2. The first kappa shape index (κ1) is 9.38. The second kappa shape index (κ2) is 3.35. The summed E-state index contributed by atoms with van der Waals surface area (Å²) >= 11 is 0. The van der Waals surface area contributed by atoms with Gasteiger partial charge < -0.3 is 5.73 Å². The highest BCUT2D eigenvalue weighted by atomic mass is 19.1. The maximum atomic E-state index is 13.0. The lowest BCUT2D eigenvalue weighted by Gasteiger charge is -1.99. The van der Waals surface area contributed by atoms with E-state index in [4.69, 9.17) is 5.73 Å². The van der Waals surface area contributed by atoms with E-state index in [1.807, 2.05) is 0 Å². The molecule has 68 valence electrons. The summed E-state index contributed by atoms with van der Waals surface area (Å²) in [4.78, 5) is 21.4. The Kier molecular flexibility index (Phi) is 2.41. The summed E-state index contributed by atoms with van der Waals surface area (Å²) in [7, 11) is 0. The zero-order chi connectivity index (χ0) is 10.0. The number of ketones is 1. The van der Waals surface area contributed by atoms with Crippen molar-refractivity contribution in [1.82, 2.24) is 0 Å². The standard InChI is InChI=1S/C9H8FNO2/c1-5(12)6-2-3-7(9(11)13)8(10)4-6/h2-4H,1H3,(H2,11,13). The van der Waals surface area contributed by atoms with Crippen LogP contribution in [-0.4, -0.2) is 11.7 Å². The van der Waals surface area contributed by atoms with Crippen LogP contribution in [0.4, 0.5) is 4.39 Å². The van der Waals surface area contributed by atoms with Gasteiger partial charge in [0.05, 0.1) is 5.56 Å². The maximum Gasteiger partial charge on any atom is 0.251 e. The summed E-state index contributed by atoms with van der Waals surface area (Å²) in [6.07, 6.45) is 0. The molecule has 0 heterocycles. The van der Waals surface area contributed by atoms with Gasteiger partial charge in [-0.1, -0.05) is 6.07 Å². The molecule has 0 fully saturated rings. The van der Waals surface area contributed by atoms with Gasteiger partial charge >= 0.3 is 0 Å². The minimum atomic E-state index is -0.840.